The highest BCUT2D eigenvalue weighted by atomic mass is 16.5. The molecule has 1 aliphatic heterocycles. The van der Waals surface area contributed by atoms with Gasteiger partial charge in [0.1, 0.15) is 22.7 Å². The number of phenolic OH excluding ortho intramolecular Hbond substituents is 1. The largest absolute Gasteiger partial charge is 0.507 e. The molecule has 1 aliphatic carbocycles. The number of carboxylic acids is 1. The number of aryl methyl sites for hydroxylation is 1. The summed E-state index contributed by atoms with van der Waals surface area (Å²) in [6, 6.07) is 1.63. The van der Waals surface area contributed by atoms with Crippen LogP contribution in [0.1, 0.15) is 74.4 Å². The molecule has 0 radical (unpaired) electrons. The summed E-state index contributed by atoms with van der Waals surface area (Å²) < 4.78 is 6.21. The topological polar surface area (TPSA) is 66.8 Å². The lowest BCUT2D eigenvalue weighted by Gasteiger charge is -2.47. The van der Waals surface area contributed by atoms with E-state index < -0.39 is 11.6 Å². The van der Waals surface area contributed by atoms with Crippen molar-refractivity contribution in [2.75, 3.05) is 0 Å². The van der Waals surface area contributed by atoms with Crippen molar-refractivity contribution in [3.63, 3.8) is 0 Å². The van der Waals surface area contributed by atoms with Gasteiger partial charge in [0, 0.05) is 17.4 Å². The fraction of sp³-hybridized carbons (Fsp3) is 0.550. The molecule has 4 heteroatoms. The molecule has 3 rings (SSSR count). The second-order valence-corrected chi connectivity index (χ2v) is 7.62. The molecule has 1 heterocycles. The van der Waals surface area contributed by atoms with Crippen molar-refractivity contribution < 1.29 is 19.7 Å². The summed E-state index contributed by atoms with van der Waals surface area (Å²) in [5.74, 6) is -0.219. The van der Waals surface area contributed by atoms with E-state index in [1.165, 1.54) is 5.57 Å². The summed E-state index contributed by atoms with van der Waals surface area (Å²) in [4.78, 5) is 11.9. The third kappa shape index (κ3) is 2.58. The van der Waals surface area contributed by atoms with Gasteiger partial charge in [0.25, 0.3) is 0 Å². The van der Waals surface area contributed by atoms with E-state index >= 15 is 0 Å². The van der Waals surface area contributed by atoms with Crippen LogP contribution in [0.4, 0.5) is 0 Å². The number of benzene rings is 1. The number of fused-ring (bicyclic) bond motifs is 3. The lowest BCUT2D eigenvalue weighted by atomic mass is 9.67. The summed E-state index contributed by atoms with van der Waals surface area (Å²) in [5, 5.41) is 20.4. The third-order valence-corrected chi connectivity index (χ3v) is 5.45. The maximum absolute atomic E-state index is 11.9. The first-order valence-electron chi connectivity index (χ1n) is 8.74. The van der Waals surface area contributed by atoms with Gasteiger partial charge in [-0.2, -0.15) is 0 Å². The van der Waals surface area contributed by atoms with Crippen LogP contribution in [-0.4, -0.2) is 21.8 Å². The van der Waals surface area contributed by atoms with Crippen LogP contribution in [-0.2, 0) is 6.42 Å². The molecule has 1 aromatic carbocycles. The molecule has 2 aliphatic rings. The zero-order chi connectivity index (χ0) is 17.6. The second kappa shape index (κ2) is 5.83. The normalized spacial score (nSPS) is 24.4. The van der Waals surface area contributed by atoms with Crippen molar-refractivity contribution in [2.24, 2.45) is 5.92 Å². The Morgan fingerprint density at radius 1 is 1.42 bits per heavy atom. The van der Waals surface area contributed by atoms with Crippen LogP contribution >= 0.6 is 0 Å². The molecule has 130 valence electrons. The van der Waals surface area contributed by atoms with E-state index in [2.05, 4.69) is 13.0 Å². The molecule has 0 saturated heterocycles. The van der Waals surface area contributed by atoms with Crippen LogP contribution in [0, 0.1) is 5.92 Å². The van der Waals surface area contributed by atoms with E-state index in [4.69, 9.17) is 4.74 Å². The standard InChI is InChI=1S/C20H26O4/c1-5-6-12-10-15(21)17-13-9-11(2)7-8-14(13)20(3,4)24-18(17)16(12)19(22)23/h9-10,13-14,21H,5-8H2,1-4H3,(H,22,23)/t13-,14-/m1/s1. The Morgan fingerprint density at radius 3 is 2.75 bits per heavy atom. The average molecular weight is 330 g/mol. The maximum atomic E-state index is 11.9. The smallest absolute Gasteiger partial charge is 0.339 e. The molecule has 0 aromatic heterocycles. The second-order valence-electron chi connectivity index (χ2n) is 7.62. The molecule has 0 amide bonds. The monoisotopic (exact) mass is 330 g/mol. The summed E-state index contributed by atoms with van der Waals surface area (Å²) in [7, 11) is 0. The van der Waals surface area contributed by atoms with Crippen molar-refractivity contribution in [1.82, 2.24) is 0 Å². The first kappa shape index (κ1) is 16.9. The number of hydrogen-bond acceptors (Lipinski definition) is 3. The Labute approximate surface area is 143 Å². The number of rotatable bonds is 3. The van der Waals surface area contributed by atoms with E-state index in [1.54, 1.807) is 6.07 Å². The molecule has 0 saturated carbocycles. The molecule has 2 N–H and O–H groups in total. The average Bonchev–Trinajstić information content (AvgIpc) is 2.45. The minimum atomic E-state index is -0.986. The predicted molar refractivity (Wildman–Crippen MR) is 93.0 cm³/mol. The van der Waals surface area contributed by atoms with E-state index in [9.17, 15) is 15.0 Å². The van der Waals surface area contributed by atoms with Crippen molar-refractivity contribution >= 4 is 5.97 Å². The molecule has 0 spiro atoms. The Bertz CT molecular complexity index is 715. The van der Waals surface area contributed by atoms with Crippen molar-refractivity contribution in [2.45, 2.75) is 64.9 Å². The summed E-state index contributed by atoms with van der Waals surface area (Å²) in [6.45, 7) is 8.14. The molecule has 0 fully saturated rings. The van der Waals surface area contributed by atoms with Gasteiger partial charge in [-0.15, -0.1) is 0 Å². The number of phenols is 1. The lowest BCUT2D eigenvalue weighted by molar-refractivity contribution is 0.00918. The van der Waals surface area contributed by atoms with Crippen molar-refractivity contribution in [1.29, 1.82) is 0 Å². The molecular formula is C20H26O4. The Morgan fingerprint density at radius 2 is 2.12 bits per heavy atom. The molecule has 4 nitrogen and oxygen atoms in total. The van der Waals surface area contributed by atoms with Gasteiger partial charge in [-0.05, 0) is 51.7 Å². The molecule has 24 heavy (non-hydrogen) atoms. The Balaban J connectivity index is 2.29. The van der Waals surface area contributed by atoms with Gasteiger partial charge in [-0.1, -0.05) is 25.0 Å². The maximum Gasteiger partial charge on any atom is 0.339 e. The van der Waals surface area contributed by atoms with Crippen LogP contribution in [0.15, 0.2) is 17.7 Å². The van der Waals surface area contributed by atoms with Crippen LogP contribution in [0.5, 0.6) is 11.5 Å². The van der Waals surface area contributed by atoms with Gasteiger partial charge in [-0.25, -0.2) is 4.79 Å². The Hall–Kier alpha value is -1.97. The number of hydrogen-bond donors (Lipinski definition) is 2. The summed E-state index contributed by atoms with van der Waals surface area (Å²) in [5.41, 5.74) is 2.33. The molecule has 0 unspecified atom stereocenters. The fourth-order valence-electron chi connectivity index (χ4n) is 4.31. The van der Waals surface area contributed by atoms with Gasteiger partial charge >= 0.3 is 5.97 Å². The van der Waals surface area contributed by atoms with E-state index in [-0.39, 0.29) is 23.1 Å². The summed E-state index contributed by atoms with van der Waals surface area (Å²) in [6.07, 6.45) is 5.60. The van der Waals surface area contributed by atoms with E-state index in [1.807, 2.05) is 20.8 Å². The van der Waals surface area contributed by atoms with E-state index in [0.717, 1.165) is 19.3 Å². The van der Waals surface area contributed by atoms with Crippen LogP contribution in [0.25, 0.3) is 0 Å². The molecule has 2 atom stereocenters. The van der Waals surface area contributed by atoms with Crippen LogP contribution in [0.2, 0.25) is 0 Å². The minimum absolute atomic E-state index is 0.00581. The Kier molecular flexibility index (Phi) is 4.10. The fourth-order valence-corrected chi connectivity index (χ4v) is 4.31. The lowest BCUT2D eigenvalue weighted by Crippen LogP contribution is -2.45. The number of aromatic hydroxyl groups is 1. The quantitative estimate of drug-likeness (QED) is 0.791. The van der Waals surface area contributed by atoms with Gasteiger partial charge in [0.05, 0.1) is 0 Å². The number of carbonyl (C=O) groups is 1. The van der Waals surface area contributed by atoms with Crippen molar-refractivity contribution in [3.05, 3.63) is 34.4 Å². The zero-order valence-corrected chi connectivity index (χ0v) is 14.8. The minimum Gasteiger partial charge on any atom is -0.507 e. The number of aromatic carboxylic acids is 1. The first-order valence-corrected chi connectivity index (χ1v) is 8.74. The van der Waals surface area contributed by atoms with Crippen LogP contribution < -0.4 is 4.74 Å². The number of carboxylic acid groups (broad SMARTS) is 1. The highest BCUT2D eigenvalue weighted by molar-refractivity contribution is 5.94. The first-order chi connectivity index (χ1) is 11.3. The van der Waals surface area contributed by atoms with Gasteiger partial charge in [0.15, 0.2) is 0 Å². The number of allylic oxidation sites excluding steroid dienone is 2. The van der Waals surface area contributed by atoms with Crippen LogP contribution in [0.3, 0.4) is 0 Å². The number of ether oxygens (including phenoxy) is 1. The SMILES string of the molecule is CCCc1cc(O)c2c(c1C(=O)O)OC(C)(C)[C@@H]1CCC(C)=C[C@@H]21. The molecular weight excluding hydrogens is 304 g/mol. The zero-order valence-electron chi connectivity index (χ0n) is 14.8. The predicted octanol–water partition coefficient (Wildman–Crippen LogP) is 4.65. The third-order valence-electron chi connectivity index (χ3n) is 5.45. The summed E-state index contributed by atoms with van der Waals surface area (Å²) >= 11 is 0. The van der Waals surface area contributed by atoms with Crippen molar-refractivity contribution in [3.8, 4) is 11.5 Å². The highest BCUT2D eigenvalue weighted by Crippen LogP contribution is 2.54. The van der Waals surface area contributed by atoms with Gasteiger partial charge in [0.2, 0.25) is 0 Å². The molecule has 0 bridgehead atoms. The van der Waals surface area contributed by atoms with Gasteiger partial charge in [-0.3, -0.25) is 0 Å². The molecule has 1 aromatic rings. The highest BCUT2D eigenvalue weighted by Gasteiger charge is 2.46. The van der Waals surface area contributed by atoms with E-state index in [0.29, 0.717) is 23.3 Å². The van der Waals surface area contributed by atoms with Gasteiger partial charge < -0.3 is 14.9 Å².